The van der Waals surface area contributed by atoms with E-state index in [1.807, 2.05) is 68.3 Å². The number of carbonyl (C=O) groups excluding carboxylic acids is 1. The Morgan fingerprint density at radius 2 is 1.71 bits per heavy atom. The largest absolute Gasteiger partial charge is 0.438 e. The molecule has 0 spiro atoms. The third-order valence-corrected chi connectivity index (χ3v) is 3.49. The van der Waals surface area contributed by atoms with Crippen LogP contribution in [0, 0.1) is 6.92 Å². The van der Waals surface area contributed by atoms with Crippen molar-refractivity contribution in [2.45, 2.75) is 20.1 Å². The Kier molecular flexibility index (Phi) is 5.12. The summed E-state index contributed by atoms with van der Waals surface area (Å²) >= 11 is 0. The van der Waals surface area contributed by atoms with Gasteiger partial charge in [-0.15, -0.1) is 0 Å². The van der Waals surface area contributed by atoms with E-state index in [-0.39, 0.29) is 12.2 Å². The first kappa shape index (κ1) is 15.3. The smallest absolute Gasteiger partial charge is 0.339 e. The Morgan fingerprint density at radius 1 is 1.10 bits per heavy atom. The molecule has 0 aliphatic rings. The summed E-state index contributed by atoms with van der Waals surface area (Å²) in [4.78, 5) is 14.3. The summed E-state index contributed by atoms with van der Waals surface area (Å²) in [6, 6.07) is 17.2. The van der Waals surface area contributed by atoms with Crippen molar-refractivity contribution in [2.24, 2.45) is 0 Å². The van der Waals surface area contributed by atoms with E-state index in [2.05, 4.69) is 0 Å². The third kappa shape index (κ3) is 3.92. The molecule has 110 valence electrons. The molecule has 0 aliphatic carbocycles. The molecule has 1 unspecified atom stereocenters. The van der Waals surface area contributed by atoms with Crippen LogP contribution in [0.1, 0.15) is 34.6 Å². The zero-order valence-electron chi connectivity index (χ0n) is 12.7. The summed E-state index contributed by atoms with van der Waals surface area (Å²) in [5.41, 5.74) is 2.67. The van der Waals surface area contributed by atoms with E-state index in [1.165, 1.54) is 0 Å². The molecule has 21 heavy (non-hydrogen) atoms. The molecule has 0 saturated heterocycles. The summed E-state index contributed by atoms with van der Waals surface area (Å²) in [5, 5.41) is 0. The van der Waals surface area contributed by atoms with Gasteiger partial charge in [-0.3, -0.25) is 4.90 Å². The number of rotatable bonds is 5. The molecule has 0 saturated carbocycles. The van der Waals surface area contributed by atoms with Crippen LogP contribution in [0.3, 0.4) is 0 Å². The molecular formula is C18H21NO2. The van der Waals surface area contributed by atoms with E-state index >= 15 is 0 Å². The molecule has 0 heterocycles. The van der Waals surface area contributed by atoms with Gasteiger partial charge in [0, 0.05) is 5.56 Å². The van der Waals surface area contributed by atoms with Crippen LogP contribution >= 0.6 is 0 Å². The minimum atomic E-state index is -0.370. The molecule has 2 aromatic rings. The third-order valence-electron chi connectivity index (χ3n) is 3.49. The average Bonchev–Trinajstić information content (AvgIpc) is 2.53. The van der Waals surface area contributed by atoms with Crippen molar-refractivity contribution in [2.75, 3.05) is 13.6 Å². The highest BCUT2D eigenvalue weighted by molar-refractivity contribution is 5.89. The molecule has 0 aromatic heterocycles. The van der Waals surface area contributed by atoms with Crippen LogP contribution in [0.2, 0.25) is 0 Å². The average molecular weight is 283 g/mol. The van der Waals surface area contributed by atoms with Gasteiger partial charge >= 0.3 is 5.97 Å². The molecule has 2 rings (SSSR count). The van der Waals surface area contributed by atoms with E-state index in [0.29, 0.717) is 5.56 Å². The first-order valence-electron chi connectivity index (χ1n) is 7.14. The van der Waals surface area contributed by atoms with Crippen LogP contribution in [0.25, 0.3) is 0 Å². The Bertz CT molecular complexity index is 578. The summed E-state index contributed by atoms with van der Waals surface area (Å²) in [5.74, 6) is -0.302. The van der Waals surface area contributed by atoms with Crippen LogP contribution in [0.4, 0.5) is 0 Å². The summed E-state index contributed by atoms with van der Waals surface area (Å²) in [6.07, 6.45) is -0.370. The molecule has 3 nitrogen and oxygen atoms in total. The first-order valence-corrected chi connectivity index (χ1v) is 7.14. The molecule has 0 radical (unpaired) electrons. The maximum atomic E-state index is 12.3. The molecule has 0 aliphatic heterocycles. The molecule has 0 amide bonds. The number of hydrogen-bond donors (Lipinski definition) is 0. The van der Waals surface area contributed by atoms with Gasteiger partial charge in [-0.05, 0) is 32.6 Å². The van der Waals surface area contributed by atoms with Crippen molar-refractivity contribution in [3.63, 3.8) is 0 Å². The Morgan fingerprint density at radius 3 is 2.29 bits per heavy atom. The monoisotopic (exact) mass is 283 g/mol. The molecule has 2 aromatic carbocycles. The number of nitrogens with zero attached hydrogens (tertiary/aromatic N) is 1. The van der Waals surface area contributed by atoms with Crippen molar-refractivity contribution < 1.29 is 9.53 Å². The number of aryl methyl sites for hydroxylation is 1. The van der Waals surface area contributed by atoms with Crippen LogP contribution in [0.5, 0.6) is 0 Å². The van der Waals surface area contributed by atoms with Crippen molar-refractivity contribution in [3.05, 3.63) is 71.3 Å². The maximum absolute atomic E-state index is 12.3. The zero-order valence-corrected chi connectivity index (χ0v) is 12.7. The second-order valence-electron chi connectivity index (χ2n) is 5.11. The lowest BCUT2D eigenvalue weighted by atomic mass is 10.1. The van der Waals surface area contributed by atoms with E-state index in [9.17, 15) is 4.79 Å². The van der Waals surface area contributed by atoms with E-state index < -0.39 is 0 Å². The lowest BCUT2D eigenvalue weighted by molar-refractivity contribution is -0.0229. The minimum Gasteiger partial charge on any atom is -0.438 e. The Hall–Kier alpha value is -2.13. The molecular weight excluding hydrogens is 262 g/mol. The Labute approximate surface area is 126 Å². The van der Waals surface area contributed by atoms with Gasteiger partial charge in [-0.25, -0.2) is 4.79 Å². The molecule has 0 fully saturated rings. The van der Waals surface area contributed by atoms with Gasteiger partial charge in [0.25, 0.3) is 0 Å². The van der Waals surface area contributed by atoms with Crippen molar-refractivity contribution in [3.8, 4) is 0 Å². The van der Waals surface area contributed by atoms with Crippen molar-refractivity contribution in [1.29, 1.82) is 0 Å². The highest BCUT2D eigenvalue weighted by Gasteiger charge is 2.21. The first-order chi connectivity index (χ1) is 10.1. The fourth-order valence-corrected chi connectivity index (χ4v) is 2.06. The van der Waals surface area contributed by atoms with Gasteiger partial charge in [0.05, 0.1) is 5.56 Å². The number of ether oxygens (including phenoxy) is 1. The lowest BCUT2D eigenvalue weighted by Gasteiger charge is -2.27. The fourth-order valence-electron chi connectivity index (χ4n) is 2.06. The van der Waals surface area contributed by atoms with Gasteiger partial charge in [-0.1, -0.05) is 55.0 Å². The quantitative estimate of drug-likeness (QED) is 0.617. The number of benzene rings is 2. The van der Waals surface area contributed by atoms with Crippen LogP contribution in [-0.4, -0.2) is 24.5 Å². The van der Waals surface area contributed by atoms with Crippen LogP contribution in [0.15, 0.2) is 54.6 Å². The number of carbonyl (C=O) groups is 1. The van der Waals surface area contributed by atoms with Crippen molar-refractivity contribution in [1.82, 2.24) is 4.90 Å². The van der Waals surface area contributed by atoms with E-state index in [1.54, 1.807) is 12.1 Å². The highest BCUT2D eigenvalue weighted by Crippen LogP contribution is 2.22. The van der Waals surface area contributed by atoms with Gasteiger partial charge < -0.3 is 4.74 Å². The van der Waals surface area contributed by atoms with Crippen molar-refractivity contribution >= 4 is 5.97 Å². The number of esters is 1. The number of hydrogen-bond acceptors (Lipinski definition) is 3. The van der Waals surface area contributed by atoms with E-state index in [0.717, 1.165) is 17.7 Å². The lowest BCUT2D eigenvalue weighted by Crippen LogP contribution is -2.28. The van der Waals surface area contributed by atoms with Crippen LogP contribution in [-0.2, 0) is 4.74 Å². The molecule has 0 N–H and O–H groups in total. The predicted molar refractivity (Wildman–Crippen MR) is 84.1 cm³/mol. The highest BCUT2D eigenvalue weighted by atomic mass is 16.6. The summed E-state index contributed by atoms with van der Waals surface area (Å²) in [7, 11) is 1.94. The fraction of sp³-hybridized carbons (Fsp3) is 0.278. The molecule has 1 atom stereocenters. The van der Waals surface area contributed by atoms with Gasteiger partial charge in [0.2, 0.25) is 0 Å². The second kappa shape index (κ2) is 7.04. The minimum absolute atomic E-state index is 0.302. The zero-order chi connectivity index (χ0) is 15.2. The SMILES string of the molecule is CCN(C)C(OC(=O)c1ccc(C)cc1)c1ccccc1. The summed E-state index contributed by atoms with van der Waals surface area (Å²) < 4.78 is 5.70. The summed E-state index contributed by atoms with van der Waals surface area (Å²) in [6.45, 7) is 4.82. The van der Waals surface area contributed by atoms with Gasteiger partial charge in [-0.2, -0.15) is 0 Å². The standard InChI is InChI=1S/C18H21NO2/c1-4-19(3)17(15-8-6-5-7-9-15)21-18(20)16-12-10-14(2)11-13-16/h5-13,17H,4H2,1-3H3. The second-order valence-corrected chi connectivity index (χ2v) is 5.11. The molecule has 3 heteroatoms. The Balaban J connectivity index is 2.19. The normalized spacial score (nSPS) is 12.2. The molecule has 0 bridgehead atoms. The van der Waals surface area contributed by atoms with E-state index in [4.69, 9.17) is 4.74 Å². The topological polar surface area (TPSA) is 29.5 Å². The van der Waals surface area contributed by atoms with Gasteiger partial charge in [0.1, 0.15) is 0 Å². The predicted octanol–water partition coefficient (Wildman–Crippen LogP) is 3.80. The van der Waals surface area contributed by atoms with Gasteiger partial charge in [0.15, 0.2) is 6.23 Å². The van der Waals surface area contributed by atoms with Crippen LogP contribution < -0.4 is 0 Å². The maximum Gasteiger partial charge on any atom is 0.339 e.